The maximum Gasteiger partial charge on any atom is 0.282 e. The number of nitrogens with one attached hydrogen (secondary N) is 1. The predicted octanol–water partition coefficient (Wildman–Crippen LogP) is 4.23. The summed E-state index contributed by atoms with van der Waals surface area (Å²) in [5, 5.41) is 11.6. The molecule has 248 valence electrons. The number of primary amides is 1. The second-order valence-corrected chi connectivity index (χ2v) is 13.8. The highest BCUT2D eigenvalue weighted by atomic mass is 19.1. The summed E-state index contributed by atoms with van der Waals surface area (Å²) in [5.41, 5.74) is 5.61. The minimum Gasteiger partial charge on any atom is -0.434 e. The van der Waals surface area contributed by atoms with E-state index in [1.165, 1.54) is 24.5 Å². The van der Waals surface area contributed by atoms with Crippen molar-refractivity contribution in [3.8, 4) is 11.6 Å². The molecule has 1 spiro atoms. The van der Waals surface area contributed by atoms with E-state index in [4.69, 9.17) is 10.5 Å². The lowest BCUT2D eigenvalue weighted by Crippen LogP contribution is -2.62. The fourth-order valence-corrected chi connectivity index (χ4v) is 7.00. The molecule has 45 heavy (non-hydrogen) atoms. The number of hydrogen-bond donors (Lipinski definition) is 2. The molecule has 2 amide bonds. The Kier molecular flexibility index (Phi) is 11.4. The number of rotatable bonds is 15. The van der Waals surface area contributed by atoms with E-state index in [0.717, 1.165) is 52.0 Å². The van der Waals surface area contributed by atoms with Crippen molar-refractivity contribution < 1.29 is 18.7 Å². The topological polar surface area (TPSA) is 130 Å². The van der Waals surface area contributed by atoms with Gasteiger partial charge in [-0.1, -0.05) is 13.8 Å². The molecule has 0 radical (unpaired) electrons. The lowest BCUT2D eigenvalue weighted by Gasteiger charge is -2.53. The molecule has 0 saturated carbocycles. The molecule has 12 heteroatoms. The Labute approximate surface area is 267 Å². The van der Waals surface area contributed by atoms with Crippen molar-refractivity contribution in [1.29, 1.82) is 0 Å². The zero-order chi connectivity index (χ0) is 32.9. The van der Waals surface area contributed by atoms with Gasteiger partial charge >= 0.3 is 0 Å². The molecular formula is C33H51FN8O3. The van der Waals surface area contributed by atoms with E-state index < -0.39 is 5.82 Å². The van der Waals surface area contributed by atoms with Crippen molar-refractivity contribution in [2.45, 2.75) is 98.3 Å². The van der Waals surface area contributed by atoms with Crippen molar-refractivity contribution in [3.63, 3.8) is 0 Å². The minimum atomic E-state index is -0.514. The molecule has 1 aromatic heterocycles. The molecule has 2 aliphatic rings. The fraction of sp³-hybridized carbons (Fsp3) is 0.667. The number of likely N-dealkylation sites (tertiary alicyclic amines) is 1. The van der Waals surface area contributed by atoms with Gasteiger partial charge in [0.05, 0.1) is 5.56 Å². The number of amides is 2. The van der Waals surface area contributed by atoms with E-state index in [9.17, 15) is 14.0 Å². The van der Waals surface area contributed by atoms with Crippen LogP contribution in [0.3, 0.4) is 0 Å². The Morgan fingerprint density at radius 3 is 2.47 bits per heavy atom. The molecule has 2 atom stereocenters. The summed E-state index contributed by atoms with van der Waals surface area (Å²) in [6.45, 7) is 18.8. The summed E-state index contributed by atoms with van der Waals surface area (Å²) in [7, 11) is 0. The summed E-state index contributed by atoms with van der Waals surface area (Å²) >= 11 is 0. The molecule has 11 nitrogen and oxygen atoms in total. The number of nitrogens with two attached hydrogens (primary N) is 1. The standard InChI is InChI=1S/C33H51FN8O3/c1-21(2)27(9-8-13-36-24(7)15-29(35)43)41-18-33(19-41)12-14-40(17-33)30-31(39-38-20-37-30)45-28-11-10-25(34)16-26(28)32(44)42(22(3)4)23(5)6/h10-11,16,20-24,27,36H,8-9,12-15,17-19H2,1-7H3,(H2,35,43)/t24-,27-/m1/s1. The molecule has 0 aliphatic carbocycles. The van der Waals surface area contributed by atoms with Crippen molar-refractivity contribution in [3.05, 3.63) is 35.9 Å². The first-order valence-corrected chi connectivity index (χ1v) is 16.3. The Morgan fingerprint density at radius 1 is 1.11 bits per heavy atom. The Morgan fingerprint density at radius 2 is 1.82 bits per heavy atom. The normalized spacial score (nSPS) is 17.6. The van der Waals surface area contributed by atoms with Crippen LogP contribution in [0, 0.1) is 17.2 Å². The first kappa shape index (κ1) is 34.5. The fourth-order valence-electron chi connectivity index (χ4n) is 7.00. The van der Waals surface area contributed by atoms with E-state index in [-0.39, 0.29) is 52.5 Å². The van der Waals surface area contributed by atoms with Gasteiger partial charge in [0.1, 0.15) is 17.9 Å². The molecule has 2 aliphatic heterocycles. The quantitative estimate of drug-likeness (QED) is 0.279. The number of benzene rings is 1. The van der Waals surface area contributed by atoms with E-state index in [1.807, 2.05) is 34.6 Å². The third kappa shape index (κ3) is 8.46. The predicted molar refractivity (Wildman–Crippen MR) is 173 cm³/mol. The number of ether oxygens (including phenoxy) is 1. The van der Waals surface area contributed by atoms with Gasteiger partial charge in [0, 0.05) is 62.2 Å². The molecular weight excluding hydrogens is 575 g/mol. The van der Waals surface area contributed by atoms with Crippen LogP contribution < -0.4 is 20.7 Å². The van der Waals surface area contributed by atoms with Gasteiger partial charge < -0.3 is 25.6 Å². The number of carbonyl (C=O) groups is 2. The smallest absolute Gasteiger partial charge is 0.282 e. The van der Waals surface area contributed by atoms with E-state index >= 15 is 0 Å². The molecule has 2 fully saturated rings. The number of aromatic nitrogens is 3. The second kappa shape index (κ2) is 14.8. The Balaban J connectivity index is 1.41. The van der Waals surface area contributed by atoms with Gasteiger partial charge in [-0.2, -0.15) is 0 Å². The van der Waals surface area contributed by atoms with Crippen molar-refractivity contribution >= 4 is 17.6 Å². The van der Waals surface area contributed by atoms with Crippen LogP contribution in [0.5, 0.6) is 11.6 Å². The Bertz CT molecular complexity index is 1310. The summed E-state index contributed by atoms with van der Waals surface area (Å²) in [5.74, 6) is 0.424. The molecule has 2 aromatic rings. The highest BCUT2D eigenvalue weighted by Crippen LogP contribution is 2.44. The molecule has 2 saturated heterocycles. The number of hydrogen-bond acceptors (Lipinski definition) is 9. The molecule has 1 aromatic carbocycles. The molecule has 0 bridgehead atoms. The van der Waals surface area contributed by atoms with Crippen LogP contribution in [0.15, 0.2) is 24.5 Å². The lowest BCUT2D eigenvalue weighted by molar-refractivity contribution is -0.118. The molecule has 4 rings (SSSR count). The van der Waals surface area contributed by atoms with Crippen LogP contribution in [-0.4, -0.2) is 93.7 Å². The number of halogens is 1. The number of nitrogens with zero attached hydrogens (tertiary/aromatic N) is 6. The zero-order valence-electron chi connectivity index (χ0n) is 27.9. The highest BCUT2D eigenvalue weighted by Gasteiger charge is 2.50. The van der Waals surface area contributed by atoms with Gasteiger partial charge in [0.2, 0.25) is 5.91 Å². The van der Waals surface area contributed by atoms with Gasteiger partial charge in [0.25, 0.3) is 11.8 Å². The molecule has 0 unspecified atom stereocenters. The van der Waals surface area contributed by atoms with Crippen LogP contribution in [0.1, 0.15) is 84.5 Å². The van der Waals surface area contributed by atoms with E-state index in [2.05, 4.69) is 44.1 Å². The van der Waals surface area contributed by atoms with Gasteiger partial charge in [-0.25, -0.2) is 9.37 Å². The maximum atomic E-state index is 14.4. The van der Waals surface area contributed by atoms with Gasteiger partial charge in [-0.3, -0.25) is 14.5 Å². The third-order valence-corrected chi connectivity index (χ3v) is 9.03. The van der Waals surface area contributed by atoms with Crippen molar-refractivity contribution in [1.82, 2.24) is 30.3 Å². The third-order valence-electron chi connectivity index (χ3n) is 9.03. The molecule has 3 N–H and O–H groups in total. The summed E-state index contributed by atoms with van der Waals surface area (Å²) in [6, 6.07) is 4.39. The van der Waals surface area contributed by atoms with Gasteiger partial charge in [0.15, 0.2) is 5.82 Å². The molecule has 3 heterocycles. The average molecular weight is 627 g/mol. The van der Waals surface area contributed by atoms with Crippen molar-refractivity contribution in [2.24, 2.45) is 17.1 Å². The highest BCUT2D eigenvalue weighted by molar-refractivity contribution is 5.97. The Hall–Kier alpha value is -3.38. The van der Waals surface area contributed by atoms with Gasteiger partial charge in [-0.05, 0) is 84.5 Å². The summed E-state index contributed by atoms with van der Waals surface area (Å²) in [6.07, 6.45) is 4.91. The zero-order valence-corrected chi connectivity index (χ0v) is 27.9. The van der Waals surface area contributed by atoms with Crippen LogP contribution >= 0.6 is 0 Å². The first-order valence-electron chi connectivity index (χ1n) is 16.3. The maximum absolute atomic E-state index is 14.4. The second-order valence-electron chi connectivity index (χ2n) is 13.8. The van der Waals surface area contributed by atoms with Crippen LogP contribution in [0.25, 0.3) is 0 Å². The monoisotopic (exact) mass is 626 g/mol. The summed E-state index contributed by atoms with van der Waals surface area (Å²) in [4.78, 5) is 35.7. The SMILES string of the molecule is CC(C)[C@@H](CCCN[C@H](C)CC(N)=O)N1CC2(CCN(c3ncnnc3Oc3ccc(F)cc3C(=O)N(C(C)C)C(C)C)C2)C1. The van der Waals surface area contributed by atoms with Gasteiger partial charge in [-0.15, -0.1) is 10.2 Å². The average Bonchev–Trinajstić information content (AvgIpc) is 3.38. The van der Waals surface area contributed by atoms with Crippen LogP contribution in [-0.2, 0) is 4.79 Å². The minimum absolute atomic E-state index is 0.0749. The van der Waals surface area contributed by atoms with E-state index in [0.29, 0.717) is 24.2 Å². The van der Waals surface area contributed by atoms with Crippen LogP contribution in [0.4, 0.5) is 10.2 Å². The lowest BCUT2D eigenvalue weighted by atomic mass is 9.76. The van der Waals surface area contributed by atoms with E-state index in [1.54, 1.807) is 4.90 Å². The summed E-state index contributed by atoms with van der Waals surface area (Å²) < 4.78 is 20.6. The van der Waals surface area contributed by atoms with Crippen molar-refractivity contribution in [2.75, 3.05) is 37.6 Å². The largest absolute Gasteiger partial charge is 0.434 e. The first-order chi connectivity index (χ1) is 21.3. The van der Waals surface area contributed by atoms with Crippen LogP contribution in [0.2, 0.25) is 0 Å². The number of anilines is 1. The number of carbonyl (C=O) groups excluding carboxylic acids is 2.